The second kappa shape index (κ2) is 6.97. The summed E-state index contributed by atoms with van der Waals surface area (Å²) >= 11 is 1.39. The van der Waals surface area contributed by atoms with Crippen molar-refractivity contribution in [3.63, 3.8) is 0 Å². The van der Waals surface area contributed by atoms with Crippen molar-refractivity contribution in [3.8, 4) is 0 Å². The fourth-order valence-corrected chi connectivity index (χ4v) is 3.37. The van der Waals surface area contributed by atoms with Gasteiger partial charge in [0.15, 0.2) is 5.13 Å². The molecule has 0 bridgehead atoms. The van der Waals surface area contributed by atoms with Crippen molar-refractivity contribution in [1.29, 1.82) is 0 Å². The summed E-state index contributed by atoms with van der Waals surface area (Å²) in [6.07, 6.45) is 5.56. The number of carbonyl (C=O) groups excluding carboxylic acids is 1. The number of fused-ring (bicyclic) bond motifs is 1. The minimum atomic E-state index is -0.258. The molecule has 0 fully saturated rings. The van der Waals surface area contributed by atoms with E-state index in [0.717, 1.165) is 16.0 Å². The summed E-state index contributed by atoms with van der Waals surface area (Å²) < 4.78 is 13.0. The number of rotatable bonds is 4. The van der Waals surface area contributed by atoms with Gasteiger partial charge in [0, 0.05) is 35.5 Å². The summed E-state index contributed by atoms with van der Waals surface area (Å²) in [5, 5.41) is 3.32. The van der Waals surface area contributed by atoms with Crippen molar-refractivity contribution < 1.29 is 9.18 Å². The Kier molecular flexibility index (Phi) is 4.37. The molecule has 4 rings (SSSR count). The fourth-order valence-electron chi connectivity index (χ4n) is 2.52. The SMILES string of the molecule is O=C(Nc1ncc(Cc2ccc(F)cc2)s1)c1ccc2nccnc2c1. The largest absolute Gasteiger partial charge is 0.298 e. The Morgan fingerprint density at radius 1 is 1.00 bits per heavy atom. The second-order valence-electron chi connectivity index (χ2n) is 5.65. The zero-order valence-electron chi connectivity index (χ0n) is 13.5. The van der Waals surface area contributed by atoms with E-state index in [0.29, 0.717) is 22.6 Å². The molecule has 0 saturated carbocycles. The maximum absolute atomic E-state index is 13.0. The predicted molar refractivity (Wildman–Crippen MR) is 98.8 cm³/mol. The molecule has 4 aromatic rings. The van der Waals surface area contributed by atoms with E-state index >= 15 is 0 Å². The first-order valence-electron chi connectivity index (χ1n) is 7.89. The van der Waals surface area contributed by atoms with Crippen LogP contribution in [0.3, 0.4) is 0 Å². The lowest BCUT2D eigenvalue weighted by Gasteiger charge is -2.03. The van der Waals surface area contributed by atoms with Crippen molar-refractivity contribution in [2.75, 3.05) is 5.32 Å². The van der Waals surface area contributed by atoms with Crippen LogP contribution in [0.4, 0.5) is 9.52 Å². The van der Waals surface area contributed by atoms with E-state index < -0.39 is 0 Å². The van der Waals surface area contributed by atoms with E-state index in [-0.39, 0.29) is 11.7 Å². The summed E-state index contributed by atoms with van der Waals surface area (Å²) in [7, 11) is 0. The molecule has 128 valence electrons. The number of halogens is 1. The Morgan fingerprint density at radius 3 is 2.58 bits per heavy atom. The van der Waals surface area contributed by atoms with Gasteiger partial charge in [-0.25, -0.2) is 9.37 Å². The summed E-state index contributed by atoms with van der Waals surface area (Å²) in [6, 6.07) is 11.5. The van der Waals surface area contributed by atoms with Crippen LogP contribution in [0, 0.1) is 5.82 Å². The normalized spacial score (nSPS) is 10.8. The maximum atomic E-state index is 13.0. The van der Waals surface area contributed by atoms with Gasteiger partial charge >= 0.3 is 0 Å². The second-order valence-corrected chi connectivity index (χ2v) is 6.76. The van der Waals surface area contributed by atoms with Crippen LogP contribution in [0.2, 0.25) is 0 Å². The van der Waals surface area contributed by atoms with E-state index in [1.54, 1.807) is 48.9 Å². The van der Waals surface area contributed by atoms with Gasteiger partial charge in [-0.1, -0.05) is 12.1 Å². The molecular weight excluding hydrogens is 351 g/mol. The number of aromatic nitrogens is 3. The highest BCUT2D eigenvalue weighted by molar-refractivity contribution is 7.15. The predicted octanol–water partition coefficient (Wildman–Crippen LogP) is 4.07. The Hall–Kier alpha value is -3.19. The van der Waals surface area contributed by atoms with Crippen molar-refractivity contribution in [1.82, 2.24) is 15.0 Å². The average molecular weight is 364 g/mol. The van der Waals surface area contributed by atoms with Gasteiger partial charge in [-0.3, -0.25) is 20.1 Å². The highest BCUT2D eigenvalue weighted by Crippen LogP contribution is 2.22. The first-order chi connectivity index (χ1) is 12.7. The number of anilines is 1. The lowest BCUT2D eigenvalue weighted by atomic mass is 10.1. The molecule has 0 atom stereocenters. The van der Waals surface area contributed by atoms with Crippen LogP contribution in [0.1, 0.15) is 20.8 Å². The monoisotopic (exact) mass is 364 g/mol. The quantitative estimate of drug-likeness (QED) is 0.593. The summed E-state index contributed by atoms with van der Waals surface area (Å²) in [5.41, 5.74) is 2.88. The van der Waals surface area contributed by atoms with E-state index in [9.17, 15) is 9.18 Å². The highest BCUT2D eigenvalue weighted by Gasteiger charge is 2.11. The van der Waals surface area contributed by atoms with E-state index in [1.807, 2.05) is 0 Å². The van der Waals surface area contributed by atoms with Crippen LogP contribution < -0.4 is 5.32 Å². The van der Waals surface area contributed by atoms with Crippen molar-refractivity contribution in [2.45, 2.75) is 6.42 Å². The first kappa shape index (κ1) is 16.3. The van der Waals surface area contributed by atoms with Crippen LogP contribution in [0.15, 0.2) is 61.1 Å². The first-order valence-corrected chi connectivity index (χ1v) is 8.70. The number of hydrogen-bond acceptors (Lipinski definition) is 5. The zero-order valence-corrected chi connectivity index (χ0v) is 14.3. The molecule has 0 aliphatic rings. The number of hydrogen-bond donors (Lipinski definition) is 1. The number of nitrogens with one attached hydrogen (secondary N) is 1. The Balaban J connectivity index is 1.47. The zero-order chi connectivity index (χ0) is 17.9. The van der Waals surface area contributed by atoms with E-state index in [1.165, 1.54) is 23.5 Å². The minimum absolute atomic E-state index is 0.250. The number of nitrogens with zero attached hydrogens (tertiary/aromatic N) is 3. The Labute approximate surface area is 152 Å². The lowest BCUT2D eigenvalue weighted by molar-refractivity contribution is 0.102. The number of benzene rings is 2. The van der Waals surface area contributed by atoms with Crippen LogP contribution >= 0.6 is 11.3 Å². The van der Waals surface area contributed by atoms with E-state index in [2.05, 4.69) is 20.3 Å². The fraction of sp³-hybridized carbons (Fsp3) is 0.0526. The molecule has 0 spiro atoms. The summed E-state index contributed by atoms with van der Waals surface area (Å²) in [6.45, 7) is 0. The third-order valence-corrected chi connectivity index (χ3v) is 4.71. The van der Waals surface area contributed by atoms with Crippen LogP contribution in [0.25, 0.3) is 11.0 Å². The van der Waals surface area contributed by atoms with Gasteiger partial charge in [-0.2, -0.15) is 0 Å². The highest BCUT2D eigenvalue weighted by atomic mass is 32.1. The smallest absolute Gasteiger partial charge is 0.257 e. The van der Waals surface area contributed by atoms with Crippen LogP contribution in [-0.2, 0) is 6.42 Å². The van der Waals surface area contributed by atoms with Gasteiger partial charge in [0.1, 0.15) is 5.82 Å². The molecule has 2 heterocycles. The number of carbonyl (C=O) groups is 1. The topological polar surface area (TPSA) is 67.8 Å². The molecule has 7 heteroatoms. The van der Waals surface area contributed by atoms with Gasteiger partial charge in [-0.15, -0.1) is 11.3 Å². The molecule has 2 aromatic heterocycles. The molecule has 26 heavy (non-hydrogen) atoms. The third-order valence-electron chi connectivity index (χ3n) is 3.80. The molecule has 1 N–H and O–H groups in total. The van der Waals surface area contributed by atoms with Gasteiger partial charge in [0.05, 0.1) is 11.0 Å². The molecule has 1 amide bonds. The molecular formula is C19H13FN4OS. The molecule has 0 radical (unpaired) electrons. The van der Waals surface area contributed by atoms with Gasteiger partial charge in [-0.05, 0) is 35.9 Å². The Morgan fingerprint density at radius 2 is 1.77 bits per heavy atom. The standard InChI is InChI=1S/C19H13FN4OS/c20-14-4-1-12(2-5-14)9-15-11-23-19(26-15)24-18(25)13-3-6-16-17(10-13)22-8-7-21-16/h1-8,10-11H,9H2,(H,23,24,25). The van der Waals surface area contributed by atoms with Gasteiger partial charge < -0.3 is 0 Å². The van der Waals surface area contributed by atoms with Crippen LogP contribution in [0.5, 0.6) is 0 Å². The molecule has 0 aliphatic heterocycles. The third kappa shape index (κ3) is 3.57. The molecule has 0 saturated heterocycles. The van der Waals surface area contributed by atoms with Crippen molar-refractivity contribution in [2.24, 2.45) is 0 Å². The Bertz CT molecular complexity index is 1080. The average Bonchev–Trinajstić information content (AvgIpc) is 3.10. The lowest BCUT2D eigenvalue weighted by Crippen LogP contribution is -2.11. The van der Waals surface area contributed by atoms with Crippen molar-refractivity contribution >= 4 is 33.4 Å². The molecule has 0 unspecified atom stereocenters. The van der Waals surface area contributed by atoms with Gasteiger partial charge in [0.2, 0.25) is 0 Å². The van der Waals surface area contributed by atoms with E-state index in [4.69, 9.17) is 0 Å². The number of thiazole rings is 1. The van der Waals surface area contributed by atoms with Gasteiger partial charge in [0.25, 0.3) is 5.91 Å². The molecule has 2 aromatic carbocycles. The molecule has 0 aliphatic carbocycles. The summed E-state index contributed by atoms with van der Waals surface area (Å²) in [5.74, 6) is -0.508. The maximum Gasteiger partial charge on any atom is 0.257 e. The van der Waals surface area contributed by atoms with Crippen LogP contribution in [-0.4, -0.2) is 20.9 Å². The summed E-state index contributed by atoms with van der Waals surface area (Å²) in [4.78, 5) is 26.0. The van der Waals surface area contributed by atoms with Crippen molar-refractivity contribution in [3.05, 3.63) is 82.9 Å². The number of amides is 1. The molecule has 5 nitrogen and oxygen atoms in total. The minimum Gasteiger partial charge on any atom is -0.298 e.